The zero-order chi connectivity index (χ0) is 11.5. The number of halogens is 4. The van der Waals surface area contributed by atoms with E-state index in [1.54, 1.807) is 7.05 Å². The first-order chi connectivity index (χ1) is 6.92. The van der Waals surface area contributed by atoms with E-state index in [-0.39, 0.29) is 12.2 Å². The minimum atomic E-state index is -4.16. The Hall–Kier alpha value is -0.600. The van der Waals surface area contributed by atoms with Crippen LogP contribution >= 0.6 is 22.6 Å². The SMILES string of the molecule is CNc1nc(CCC(F)(F)F)ncc1I. The Morgan fingerprint density at radius 2 is 2.13 bits per heavy atom. The summed E-state index contributed by atoms with van der Waals surface area (Å²) in [4.78, 5) is 7.80. The largest absolute Gasteiger partial charge is 0.389 e. The highest BCUT2D eigenvalue weighted by molar-refractivity contribution is 14.1. The number of anilines is 1. The van der Waals surface area contributed by atoms with Crippen molar-refractivity contribution in [2.45, 2.75) is 19.0 Å². The minimum absolute atomic E-state index is 0.185. The van der Waals surface area contributed by atoms with Crippen LogP contribution in [0.4, 0.5) is 19.0 Å². The van der Waals surface area contributed by atoms with Gasteiger partial charge in [-0.05, 0) is 22.6 Å². The van der Waals surface area contributed by atoms with E-state index in [2.05, 4.69) is 15.3 Å². The summed E-state index contributed by atoms with van der Waals surface area (Å²) < 4.78 is 36.6. The first-order valence-electron chi connectivity index (χ1n) is 4.18. The van der Waals surface area contributed by atoms with E-state index in [4.69, 9.17) is 0 Å². The number of nitrogens with zero attached hydrogens (tertiary/aromatic N) is 2. The van der Waals surface area contributed by atoms with Crippen LogP contribution in [0, 0.1) is 3.57 Å². The molecule has 0 fully saturated rings. The molecule has 1 heterocycles. The van der Waals surface area contributed by atoms with Crippen molar-refractivity contribution in [1.29, 1.82) is 0 Å². The third-order valence-electron chi connectivity index (χ3n) is 1.66. The maximum atomic E-state index is 11.9. The molecule has 0 unspecified atom stereocenters. The number of aryl methyl sites for hydroxylation is 1. The average Bonchev–Trinajstić information content (AvgIpc) is 2.15. The maximum absolute atomic E-state index is 11.9. The summed E-state index contributed by atoms with van der Waals surface area (Å²) >= 11 is 2.01. The van der Waals surface area contributed by atoms with Crippen LogP contribution in [0.3, 0.4) is 0 Å². The molecule has 0 atom stereocenters. The predicted octanol–water partition coefficient (Wildman–Crippen LogP) is 2.62. The van der Waals surface area contributed by atoms with E-state index in [1.165, 1.54) is 6.20 Å². The van der Waals surface area contributed by atoms with Gasteiger partial charge in [-0.3, -0.25) is 0 Å². The molecule has 15 heavy (non-hydrogen) atoms. The van der Waals surface area contributed by atoms with Crippen molar-refractivity contribution in [3.8, 4) is 0 Å². The minimum Gasteiger partial charge on any atom is -0.372 e. The Balaban J connectivity index is 2.70. The molecule has 0 bridgehead atoms. The summed E-state index contributed by atoms with van der Waals surface area (Å²) in [7, 11) is 1.66. The topological polar surface area (TPSA) is 37.8 Å². The van der Waals surface area contributed by atoms with Gasteiger partial charge in [0.25, 0.3) is 0 Å². The van der Waals surface area contributed by atoms with Crippen LogP contribution in [0.5, 0.6) is 0 Å². The molecule has 0 aliphatic rings. The van der Waals surface area contributed by atoms with Crippen LogP contribution in [-0.2, 0) is 6.42 Å². The Morgan fingerprint density at radius 3 is 2.67 bits per heavy atom. The molecule has 0 radical (unpaired) electrons. The lowest BCUT2D eigenvalue weighted by atomic mass is 10.3. The van der Waals surface area contributed by atoms with Crippen LogP contribution in [-0.4, -0.2) is 23.2 Å². The van der Waals surface area contributed by atoms with Gasteiger partial charge in [0, 0.05) is 19.7 Å². The van der Waals surface area contributed by atoms with Crippen molar-refractivity contribution in [2.24, 2.45) is 0 Å². The second-order valence-corrected chi connectivity index (χ2v) is 4.01. The summed E-state index contributed by atoms with van der Waals surface area (Å²) in [6, 6.07) is 0. The van der Waals surface area contributed by atoms with Gasteiger partial charge in [0.1, 0.15) is 11.6 Å². The predicted molar refractivity (Wildman–Crippen MR) is 58.7 cm³/mol. The van der Waals surface area contributed by atoms with Crippen molar-refractivity contribution in [3.63, 3.8) is 0 Å². The van der Waals surface area contributed by atoms with Gasteiger partial charge < -0.3 is 5.32 Å². The summed E-state index contributed by atoms with van der Waals surface area (Å²) in [5, 5.41) is 2.79. The number of aromatic nitrogens is 2. The fraction of sp³-hybridized carbons (Fsp3) is 0.500. The van der Waals surface area contributed by atoms with Crippen molar-refractivity contribution in [1.82, 2.24) is 9.97 Å². The van der Waals surface area contributed by atoms with Crippen molar-refractivity contribution in [2.75, 3.05) is 12.4 Å². The molecule has 0 aromatic carbocycles. The molecule has 7 heteroatoms. The molecular formula is C8H9F3IN3. The molecule has 0 saturated carbocycles. The van der Waals surface area contributed by atoms with Crippen LogP contribution in [0.2, 0.25) is 0 Å². The van der Waals surface area contributed by atoms with Gasteiger partial charge in [-0.2, -0.15) is 13.2 Å². The van der Waals surface area contributed by atoms with Crippen LogP contribution in [0.25, 0.3) is 0 Å². The summed E-state index contributed by atoms with van der Waals surface area (Å²) in [5.41, 5.74) is 0. The maximum Gasteiger partial charge on any atom is 0.389 e. The molecule has 1 aromatic rings. The summed E-state index contributed by atoms with van der Waals surface area (Å²) in [6.07, 6.45) is -3.73. The monoisotopic (exact) mass is 331 g/mol. The van der Waals surface area contributed by atoms with Crippen LogP contribution in [0.15, 0.2) is 6.20 Å². The standard InChI is InChI=1S/C8H9F3IN3/c1-13-7-5(12)4-14-6(15-7)2-3-8(9,10)11/h4H,2-3H2,1H3,(H,13,14,15). The summed E-state index contributed by atoms with van der Waals surface area (Å²) in [5.74, 6) is 0.764. The van der Waals surface area contributed by atoms with Crippen molar-refractivity contribution >= 4 is 28.4 Å². The number of hydrogen-bond donors (Lipinski definition) is 1. The first kappa shape index (κ1) is 12.5. The van der Waals surface area contributed by atoms with E-state index in [1.807, 2.05) is 22.6 Å². The quantitative estimate of drug-likeness (QED) is 0.866. The first-order valence-corrected chi connectivity index (χ1v) is 5.26. The van der Waals surface area contributed by atoms with Crippen molar-refractivity contribution in [3.05, 3.63) is 15.6 Å². The molecule has 0 aliphatic heterocycles. The summed E-state index contributed by atoms with van der Waals surface area (Å²) in [6.45, 7) is 0. The Labute approximate surface area is 98.6 Å². The van der Waals surface area contributed by atoms with Gasteiger partial charge in [-0.25, -0.2) is 9.97 Å². The van der Waals surface area contributed by atoms with E-state index in [0.717, 1.165) is 3.57 Å². The van der Waals surface area contributed by atoms with E-state index in [9.17, 15) is 13.2 Å². The van der Waals surface area contributed by atoms with Crippen LogP contribution < -0.4 is 5.32 Å². The molecule has 1 N–H and O–H groups in total. The lowest BCUT2D eigenvalue weighted by Crippen LogP contribution is -2.11. The Bertz CT molecular complexity index is 340. The van der Waals surface area contributed by atoms with Gasteiger partial charge in [0.05, 0.1) is 9.99 Å². The number of hydrogen-bond acceptors (Lipinski definition) is 3. The molecule has 0 aliphatic carbocycles. The Morgan fingerprint density at radius 1 is 1.47 bits per heavy atom. The molecule has 0 amide bonds. The van der Waals surface area contributed by atoms with Gasteiger partial charge in [0.2, 0.25) is 0 Å². The molecule has 1 rings (SSSR count). The van der Waals surface area contributed by atoms with E-state index in [0.29, 0.717) is 5.82 Å². The second kappa shape index (κ2) is 4.95. The van der Waals surface area contributed by atoms with Gasteiger partial charge in [-0.1, -0.05) is 0 Å². The van der Waals surface area contributed by atoms with Gasteiger partial charge >= 0.3 is 6.18 Å². The molecular weight excluding hydrogens is 322 g/mol. The van der Waals surface area contributed by atoms with Gasteiger partial charge in [0.15, 0.2) is 0 Å². The zero-order valence-electron chi connectivity index (χ0n) is 7.90. The number of alkyl halides is 3. The third kappa shape index (κ3) is 4.18. The highest BCUT2D eigenvalue weighted by Gasteiger charge is 2.27. The van der Waals surface area contributed by atoms with Crippen LogP contribution in [0.1, 0.15) is 12.2 Å². The molecule has 3 nitrogen and oxygen atoms in total. The fourth-order valence-electron chi connectivity index (χ4n) is 0.953. The lowest BCUT2D eigenvalue weighted by Gasteiger charge is -2.07. The highest BCUT2D eigenvalue weighted by atomic mass is 127. The second-order valence-electron chi connectivity index (χ2n) is 2.85. The molecule has 84 valence electrons. The normalized spacial score (nSPS) is 11.5. The average molecular weight is 331 g/mol. The van der Waals surface area contributed by atoms with Gasteiger partial charge in [-0.15, -0.1) is 0 Å². The number of rotatable bonds is 3. The van der Waals surface area contributed by atoms with Crippen molar-refractivity contribution < 1.29 is 13.2 Å². The molecule has 1 aromatic heterocycles. The lowest BCUT2D eigenvalue weighted by molar-refractivity contribution is -0.134. The number of nitrogens with one attached hydrogen (secondary N) is 1. The molecule has 0 spiro atoms. The fourth-order valence-corrected chi connectivity index (χ4v) is 1.48. The Kier molecular flexibility index (Phi) is 4.12. The van der Waals surface area contributed by atoms with E-state index < -0.39 is 12.6 Å². The molecule has 0 saturated heterocycles. The zero-order valence-corrected chi connectivity index (χ0v) is 10.1. The highest BCUT2D eigenvalue weighted by Crippen LogP contribution is 2.22. The smallest absolute Gasteiger partial charge is 0.372 e. The van der Waals surface area contributed by atoms with E-state index >= 15 is 0 Å². The third-order valence-corrected chi connectivity index (χ3v) is 2.45.